The van der Waals surface area contributed by atoms with Crippen LogP contribution >= 0.6 is 0 Å². The van der Waals surface area contributed by atoms with E-state index >= 15 is 0 Å². The Bertz CT molecular complexity index is 996. The molecule has 0 saturated heterocycles. The maximum Gasteiger partial charge on any atom is 0.236 e. The number of fused-ring (bicyclic) bond motifs is 1. The fourth-order valence-corrected chi connectivity index (χ4v) is 5.41. The molecular formula is C22H26N2O4S. The number of hydrogen-bond acceptors (Lipinski definition) is 4. The first-order chi connectivity index (χ1) is 13.9. The molecule has 1 N–H and O–H groups in total. The molecular weight excluding hydrogens is 388 g/mol. The number of rotatable bonds is 6. The number of sulfonamides is 1. The Morgan fingerprint density at radius 1 is 1.14 bits per heavy atom. The molecule has 29 heavy (non-hydrogen) atoms. The highest BCUT2D eigenvalue weighted by atomic mass is 32.2. The average molecular weight is 415 g/mol. The number of nitrogens with one attached hydrogen (secondary N) is 1. The van der Waals surface area contributed by atoms with Gasteiger partial charge >= 0.3 is 0 Å². The number of hydrogen-bond donors (Lipinski definition) is 1. The minimum Gasteiger partial charge on any atom is -0.497 e. The fraction of sp³-hybridized carbons (Fsp3) is 0.409. The molecule has 0 atom stereocenters. The molecule has 0 radical (unpaired) electrons. The van der Waals surface area contributed by atoms with Crippen molar-refractivity contribution in [2.45, 2.75) is 37.9 Å². The van der Waals surface area contributed by atoms with Crippen molar-refractivity contribution in [3.8, 4) is 5.75 Å². The summed E-state index contributed by atoms with van der Waals surface area (Å²) in [4.78, 5) is 14.7. The summed E-state index contributed by atoms with van der Waals surface area (Å²) >= 11 is 0. The third-order valence-electron chi connectivity index (χ3n) is 5.74. The second kappa shape index (κ2) is 8.06. The van der Waals surface area contributed by atoms with E-state index in [1.165, 1.54) is 0 Å². The number of anilines is 2. The largest absolute Gasteiger partial charge is 0.497 e. The van der Waals surface area contributed by atoms with Gasteiger partial charge in [-0.05, 0) is 54.7 Å². The number of benzene rings is 2. The molecule has 1 fully saturated rings. The quantitative estimate of drug-likeness (QED) is 0.782. The SMILES string of the molecule is COc1ccc(CS(=O)(=O)Nc2ccc3c(c2)N(C(=O)C2CCCC2)CC3)cc1. The summed E-state index contributed by atoms with van der Waals surface area (Å²) in [7, 11) is -2.00. The van der Waals surface area contributed by atoms with Crippen molar-refractivity contribution in [1.82, 2.24) is 0 Å². The maximum absolute atomic E-state index is 12.9. The van der Waals surface area contributed by atoms with Gasteiger partial charge in [-0.15, -0.1) is 0 Å². The first-order valence-electron chi connectivity index (χ1n) is 10.0. The van der Waals surface area contributed by atoms with Gasteiger partial charge in [-0.3, -0.25) is 9.52 Å². The van der Waals surface area contributed by atoms with E-state index < -0.39 is 10.0 Å². The molecule has 1 saturated carbocycles. The molecule has 1 heterocycles. The van der Waals surface area contributed by atoms with Crippen molar-refractivity contribution in [2.24, 2.45) is 5.92 Å². The van der Waals surface area contributed by atoms with Crippen molar-refractivity contribution >= 4 is 27.3 Å². The van der Waals surface area contributed by atoms with E-state index in [0.29, 0.717) is 23.5 Å². The van der Waals surface area contributed by atoms with Gasteiger partial charge < -0.3 is 9.64 Å². The second-order valence-electron chi connectivity index (χ2n) is 7.77. The number of ether oxygens (including phenoxy) is 1. The molecule has 2 aromatic rings. The van der Waals surface area contributed by atoms with Crippen LogP contribution < -0.4 is 14.4 Å². The molecule has 1 amide bonds. The Morgan fingerprint density at radius 3 is 2.55 bits per heavy atom. The zero-order valence-corrected chi connectivity index (χ0v) is 17.4. The Balaban J connectivity index is 1.49. The molecule has 0 aromatic heterocycles. The number of nitrogens with zero attached hydrogens (tertiary/aromatic N) is 1. The summed E-state index contributed by atoms with van der Waals surface area (Å²) < 4.78 is 33.0. The zero-order valence-electron chi connectivity index (χ0n) is 16.6. The van der Waals surface area contributed by atoms with E-state index in [1.807, 2.05) is 11.0 Å². The van der Waals surface area contributed by atoms with Gasteiger partial charge in [0.2, 0.25) is 15.9 Å². The molecule has 7 heteroatoms. The minimum absolute atomic E-state index is 0.108. The number of carbonyl (C=O) groups is 1. The Kier molecular flexibility index (Phi) is 5.50. The minimum atomic E-state index is -3.57. The van der Waals surface area contributed by atoms with E-state index in [-0.39, 0.29) is 17.6 Å². The Morgan fingerprint density at radius 2 is 1.86 bits per heavy atom. The topological polar surface area (TPSA) is 75.7 Å². The number of carbonyl (C=O) groups excluding carboxylic acids is 1. The predicted octanol–water partition coefficient (Wildman–Crippen LogP) is 3.72. The molecule has 1 aliphatic heterocycles. The molecule has 0 unspecified atom stereocenters. The lowest BCUT2D eigenvalue weighted by Gasteiger charge is -2.22. The van der Waals surface area contributed by atoms with Crippen LogP contribution in [0, 0.1) is 5.92 Å². The van der Waals surface area contributed by atoms with Gasteiger partial charge in [-0.25, -0.2) is 8.42 Å². The monoisotopic (exact) mass is 414 g/mol. The van der Waals surface area contributed by atoms with Crippen LogP contribution in [0.3, 0.4) is 0 Å². The maximum atomic E-state index is 12.9. The summed E-state index contributed by atoms with van der Waals surface area (Å²) in [5.41, 5.74) is 3.10. The van der Waals surface area contributed by atoms with Crippen LogP contribution in [0.1, 0.15) is 36.8 Å². The van der Waals surface area contributed by atoms with Crippen LogP contribution in [0.15, 0.2) is 42.5 Å². The van der Waals surface area contributed by atoms with Crippen molar-refractivity contribution in [1.29, 1.82) is 0 Å². The van der Waals surface area contributed by atoms with Gasteiger partial charge in [-0.2, -0.15) is 0 Å². The molecule has 6 nitrogen and oxygen atoms in total. The first-order valence-corrected chi connectivity index (χ1v) is 11.7. The lowest BCUT2D eigenvalue weighted by molar-refractivity contribution is -0.122. The van der Waals surface area contributed by atoms with E-state index in [2.05, 4.69) is 4.72 Å². The molecule has 1 aliphatic carbocycles. The summed E-state index contributed by atoms with van der Waals surface area (Å²) in [6, 6.07) is 12.4. The van der Waals surface area contributed by atoms with E-state index in [4.69, 9.17) is 4.74 Å². The summed E-state index contributed by atoms with van der Waals surface area (Å²) in [5, 5.41) is 0. The Labute approximate surface area is 171 Å². The number of methoxy groups -OCH3 is 1. The number of amides is 1. The third kappa shape index (κ3) is 4.40. The van der Waals surface area contributed by atoms with E-state index in [9.17, 15) is 13.2 Å². The van der Waals surface area contributed by atoms with Gasteiger partial charge in [0.25, 0.3) is 0 Å². The molecule has 2 aliphatic rings. The van der Waals surface area contributed by atoms with Crippen molar-refractivity contribution < 1.29 is 17.9 Å². The highest BCUT2D eigenvalue weighted by Gasteiger charge is 2.32. The molecule has 2 aromatic carbocycles. The van der Waals surface area contributed by atoms with Gasteiger partial charge in [0.15, 0.2) is 0 Å². The van der Waals surface area contributed by atoms with Crippen LogP contribution in [0.25, 0.3) is 0 Å². The fourth-order valence-electron chi connectivity index (χ4n) is 4.22. The highest BCUT2D eigenvalue weighted by molar-refractivity contribution is 7.91. The van der Waals surface area contributed by atoms with Crippen LogP contribution in [0.4, 0.5) is 11.4 Å². The van der Waals surface area contributed by atoms with Gasteiger partial charge in [0.05, 0.1) is 18.6 Å². The summed E-state index contributed by atoms with van der Waals surface area (Å²) in [6.45, 7) is 0.673. The third-order valence-corrected chi connectivity index (χ3v) is 7.00. The van der Waals surface area contributed by atoms with E-state index in [0.717, 1.165) is 43.4 Å². The lowest BCUT2D eigenvalue weighted by atomic mass is 10.1. The molecule has 4 rings (SSSR count). The van der Waals surface area contributed by atoms with Gasteiger partial charge in [0, 0.05) is 18.2 Å². The average Bonchev–Trinajstić information content (AvgIpc) is 3.37. The van der Waals surface area contributed by atoms with Crippen molar-refractivity contribution in [3.05, 3.63) is 53.6 Å². The van der Waals surface area contributed by atoms with Gasteiger partial charge in [-0.1, -0.05) is 31.0 Å². The standard InChI is InChI=1S/C22H26N2O4S/c1-28-20-10-6-16(7-11-20)15-29(26,27)23-19-9-8-17-12-13-24(21(17)14-19)22(25)18-4-2-3-5-18/h6-11,14,18,23H,2-5,12-13,15H2,1H3. The smallest absolute Gasteiger partial charge is 0.236 e. The zero-order chi connectivity index (χ0) is 20.4. The van der Waals surface area contributed by atoms with Crippen LogP contribution in [-0.4, -0.2) is 28.0 Å². The second-order valence-corrected chi connectivity index (χ2v) is 9.50. The van der Waals surface area contributed by atoms with E-state index in [1.54, 1.807) is 43.5 Å². The molecule has 0 spiro atoms. The summed E-state index contributed by atoms with van der Waals surface area (Å²) in [5.74, 6) is 0.847. The normalized spacial score (nSPS) is 16.7. The highest BCUT2D eigenvalue weighted by Crippen LogP contribution is 2.35. The predicted molar refractivity (Wildman–Crippen MR) is 114 cm³/mol. The van der Waals surface area contributed by atoms with Gasteiger partial charge in [0.1, 0.15) is 5.75 Å². The molecule has 154 valence electrons. The Hall–Kier alpha value is -2.54. The molecule has 0 bridgehead atoms. The lowest BCUT2D eigenvalue weighted by Crippen LogP contribution is -2.33. The first kappa shape index (κ1) is 19.8. The summed E-state index contributed by atoms with van der Waals surface area (Å²) in [6.07, 6.45) is 4.95. The van der Waals surface area contributed by atoms with Crippen molar-refractivity contribution in [3.63, 3.8) is 0 Å². The van der Waals surface area contributed by atoms with Crippen molar-refractivity contribution in [2.75, 3.05) is 23.3 Å². The van der Waals surface area contributed by atoms with Crippen LogP contribution in [0.5, 0.6) is 5.75 Å². The van der Waals surface area contributed by atoms with Crippen LogP contribution in [0.2, 0.25) is 0 Å². The van der Waals surface area contributed by atoms with Crippen LogP contribution in [-0.2, 0) is 27.0 Å².